The second-order valence-electron chi connectivity index (χ2n) is 9.08. The van der Waals surface area contributed by atoms with Crippen LogP contribution in [-0.2, 0) is 17.8 Å². The van der Waals surface area contributed by atoms with Gasteiger partial charge in [-0.1, -0.05) is 66.7 Å². The van der Waals surface area contributed by atoms with Crippen molar-refractivity contribution in [2.75, 3.05) is 0 Å². The van der Waals surface area contributed by atoms with Crippen LogP contribution in [0, 0.1) is 0 Å². The molecule has 5 nitrogen and oxygen atoms in total. The molecule has 2 aromatic heterocycles. The first-order valence-corrected chi connectivity index (χ1v) is 11.7. The van der Waals surface area contributed by atoms with Crippen LogP contribution in [0.3, 0.4) is 0 Å². The van der Waals surface area contributed by atoms with Gasteiger partial charge in [-0.3, -0.25) is 10.1 Å². The smallest absolute Gasteiger partial charge is 0.240 e. The zero-order valence-electron chi connectivity index (χ0n) is 19.5. The van der Waals surface area contributed by atoms with Crippen molar-refractivity contribution in [3.8, 4) is 0 Å². The number of hydrogen-bond acceptors (Lipinski definition) is 3. The molecule has 5 rings (SSSR count). The summed E-state index contributed by atoms with van der Waals surface area (Å²) >= 11 is 0. The fraction of sp³-hybridized carbons (Fsp3) is 0.207. The van der Waals surface area contributed by atoms with Crippen molar-refractivity contribution in [1.29, 1.82) is 0 Å². The molecule has 0 aliphatic carbocycles. The van der Waals surface area contributed by atoms with Gasteiger partial charge in [-0.2, -0.15) is 0 Å². The average Bonchev–Trinajstić information content (AvgIpc) is 3.47. The van der Waals surface area contributed by atoms with E-state index in [2.05, 4.69) is 27.8 Å². The lowest BCUT2D eigenvalue weighted by molar-refractivity contribution is -0.127. The molecule has 0 aliphatic heterocycles. The monoisotopic (exact) mass is 451 g/mol. The maximum absolute atomic E-state index is 13.7. The van der Waals surface area contributed by atoms with Gasteiger partial charge >= 0.3 is 0 Å². The van der Waals surface area contributed by atoms with E-state index in [1.807, 2.05) is 92.8 Å². The number of benzene rings is 3. The Bertz CT molecular complexity index is 1390. The van der Waals surface area contributed by atoms with E-state index in [1.54, 1.807) is 0 Å². The zero-order valence-corrected chi connectivity index (χ0v) is 19.5. The normalized spacial score (nSPS) is 14.2. The Morgan fingerprint density at radius 3 is 2.56 bits per heavy atom. The molecule has 0 unspecified atom stereocenters. The number of H-pyrrole nitrogens is 1. The Labute approximate surface area is 199 Å². The molecule has 0 spiro atoms. The van der Waals surface area contributed by atoms with E-state index in [-0.39, 0.29) is 11.9 Å². The molecule has 5 heteroatoms. The molecule has 0 aliphatic rings. The summed E-state index contributed by atoms with van der Waals surface area (Å²) in [6.07, 6.45) is 2.53. The summed E-state index contributed by atoms with van der Waals surface area (Å²) in [7, 11) is 0. The standard InChI is InChI=1S/C29H29N3O2/c1-20(21-10-4-3-5-11-21)32-28(33)29(2,17-23-18-30-26-14-8-7-13-25(23)26)31-19-24-16-22-12-6-9-15-27(22)34-24/h3-16,18,20,30-31H,17,19H2,1-2H3,(H,32,33)/t20-,29+/m0/s1. The molecule has 2 heterocycles. The molecular weight excluding hydrogens is 422 g/mol. The maximum Gasteiger partial charge on any atom is 0.240 e. The highest BCUT2D eigenvalue weighted by molar-refractivity contribution is 5.89. The molecule has 0 fully saturated rings. The van der Waals surface area contributed by atoms with Gasteiger partial charge in [-0.25, -0.2) is 0 Å². The first-order valence-electron chi connectivity index (χ1n) is 11.7. The van der Waals surface area contributed by atoms with E-state index in [4.69, 9.17) is 4.42 Å². The fourth-order valence-corrected chi connectivity index (χ4v) is 4.47. The Hall–Kier alpha value is -3.83. The van der Waals surface area contributed by atoms with Crippen molar-refractivity contribution in [1.82, 2.24) is 15.6 Å². The summed E-state index contributed by atoms with van der Waals surface area (Å²) in [6.45, 7) is 4.42. The summed E-state index contributed by atoms with van der Waals surface area (Å²) in [5.41, 5.74) is 3.22. The maximum atomic E-state index is 13.7. The predicted octanol–water partition coefficient (Wildman–Crippen LogP) is 5.88. The molecule has 2 atom stereocenters. The zero-order chi connectivity index (χ0) is 23.5. The third-order valence-electron chi connectivity index (χ3n) is 6.50. The van der Waals surface area contributed by atoms with E-state index in [0.717, 1.165) is 38.8 Å². The highest BCUT2D eigenvalue weighted by atomic mass is 16.3. The van der Waals surface area contributed by atoms with Crippen LogP contribution < -0.4 is 10.6 Å². The molecule has 3 N–H and O–H groups in total. The van der Waals surface area contributed by atoms with E-state index in [1.165, 1.54) is 0 Å². The van der Waals surface area contributed by atoms with Crippen molar-refractivity contribution in [2.45, 2.75) is 38.4 Å². The largest absolute Gasteiger partial charge is 0.460 e. The molecule has 172 valence electrons. The average molecular weight is 452 g/mol. The van der Waals surface area contributed by atoms with Gasteiger partial charge in [0, 0.05) is 28.9 Å². The Morgan fingerprint density at radius 1 is 1.00 bits per heavy atom. The minimum absolute atomic E-state index is 0.0507. The molecular formula is C29H29N3O2. The lowest BCUT2D eigenvalue weighted by Gasteiger charge is -2.31. The first kappa shape index (κ1) is 22.0. The van der Waals surface area contributed by atoms with Crippen molar-refractivity contribution in [2.24, 2.45) is 0 Å². The number of aromatic nitrogens is 1. The molecule has 0 saturated carbocycles. The van der Waals surface area contributed by atoms with Crippen LogP contribution in [0.2, 0.25) is 0 Å². The number of furan rings is 1. The van der Waals surface area contributed by atoms with Gasteiger partial charge < -0.3 is 14.7 Å². The Balaban J connectivity index is 1.41. The molecule has 1 amide bonds. The van der Waals surface area contributed by atoms with Crippen molar-refractivity contribution >= 4 is 27.8 Å². The minimum Gasteiger partial charge on any atom is -0.460 e. The van der Waals surface area contributed by atoms with Crippen LogP contribution >= 0.6 is 0 Å². The molecule has 0 radical (unpaired) electrons. The molecule has 0 saturated heterocycles. The molecule has 0 bridgehead atoms. The van der Waals surface area contributed by atoms with Crippen LogP contribution in [0.5, 0.6) is 0 Å². The second kappa shape index (κ2) is 9.20. The SMILES string of the molecule is C[C@H](NC(=O)[C@@](C)(Cc1c[nH]c2ccccc12)NCc1cc2ccccc2o1)c1ccccc1. The highest BCUT2D eigenvalue weighted by Crippen LogP contribution is 2.25. The third kappa shape index (κ3) is 4.47. The van der Waals surface area contributed by atoms with Crippen LogP contribution in [0.4, 0.5) is 0 Å². The predicted molar refractivity (Wildman–Crippen MR) is 136 cm³/mol. The molecule has 5 aromatic rings. The summed E-state index contributed by atoms with van der Waals surface area (Å²) < 4.78 is 6.00. The minimum atomic E-state index is -0.854. The number of amides is 1. The molecule has 34 heavy (non-hydrogen) atoms. The molecule has 3 aromatic carbocycles. The Kier molecular flexibility index (Phi) is 5.95. The van der Waals surface area contributed by atoms with Gasteiger partial charge in [0.2, 0.25) is 5.91 Å². The summed E-state index contributed by atoms with van der Waals surface area (Å²) in [6, 6.07) is 28.1. The number of carbonyl (C=O) groups excluding carboxylic acids is 1. The van der Waals surface area contributed by atoms with E-state index < -0.39 is 5.54 Å². The van der Waals surface area contributed by atoms with Gasteiger partial charge in [0.25, 0.3) is 0 Å². The van der Waals surface area contributed by atoms with Crippen molar-refractivity contribution in [3.05, 3.63) is 108 Å². The van der Waals surface area contributed by atoms with Gasteiger partial charge in [0.05, 0.1) is 18.1 Å². The number of aromatic amines is 1. The number of hydrogen-bond donors (Lipinski definition) is 3. The topological polar surface area (TPSA) is 70.1 Å². The third-order valence-corrected chi connectivity index (χ3v) is 6.50. The number of nitrogens with one attached hydrogen (secondary N) is 3. The van der Waals surface area contributed by atoms with Crippen LogP contribution in [0.1, 0.15) is 36.8 Å². The van der Waals surface area contributed by atoms with Crippen LogP contribution in [0.25, 0.3) is 21.9 Å². The lowest BCUT2D eigenvalue weighted by Crippen LogP contribution is -2.56. The van der Waals surface area contributed by atoms with Crippen LogP contribution in [0.15, 0.2) is 95.5 Å². The van der Waals surface area contributed by atoms with E-state index in [0.29, 0.717) is 13.0 Å². The van der Waals surface area contributed by atoms with Gasteiger partial charge in [0.1, 0.15) is 11.3 Å². The van der Waals surface area contributed by atoms with Gasteiger partial charge in [-0.15, -0.1) is 0 Å². The van der Waals surface area contributed by atoms with Crippen molar-refractivity contribution in [3.63, 3.8) is 0 Å². The Morgan fingerprint density at radius 2 is 1.74 bits per heavy atom. The van der Waals surface area contributed by atoms with Gasteiger partial charge in [0.15, 0.2) is 0 Å². The van der Waals surface area contributed by atoms with E-state index >= 15 is 0 Å². The fourth-order valence-electron chi connectivity index (χ4n) is 4.47. The quantitative estimate of drug-likeness (QED) is 0.276. The first-order chi connectivity index (χ1) is 16.5. The number of rotatable bonds is 8. The summed E-state index contributed by atoms with van der Waals surface area (Å²) in [5, 5.41) is 8.91. The highest BCUT2D eigenvalue weighted by Gasteiger charge is 2.35. The van der Waals surface area contributed by atoms with Crippen molar-refractivity contribution < 1.29 is 9.21 Å². The summed E-state index contributed by atoms with van der Waals surface area (Å²) in [4.78, 5) is 17.0. The van der Waals surface area contributed by atoms with Crippen LogP contribution in [-0.4, -0.2) is 16.4 Å². The summed E-state index contributed by atoms with van der Waals surface area (Å²) in [5.74, 6) is 0.750. The second-order valence-corrected chi connectivity index (χ2v) is 9.08. The van der Waals surface area contributed by atoms with E-state index in [9.17, 15) is 4.79 Å². The number of carbonyl (C=O) groups is 1. The number of para-hydroxylation sites is 2. The van der Waals surface area contributed by atoms with Gasteiger partial charge in [-0.05, 0) is 43.2 Å². The lowest BCUT2D eigenvalue weighted by atomic mass is 9.90. The number of fused-ring (bicyclic) bond motifs is 2.